The Morgan fingerprint density at radius 2 is 1.85 bits per heavy atom. The molecule has 0 spiro atoms. The van der Waals surface area contributed by atoms with E-state index in [0.717, 1.165) is 29.7 Å². The molecule has 0 amide bonds. The molecule has 0 fully saturated rings. The number of ketones is 1. The van der Waals surface area contributed by atoms with Crippen molar-refractivity contribution in [3.05, 3.63) is 57.9 Å². The summed E-state index contributed by atoms with van der Waals surface area (Å²) in [6.07, 6.45) is 3.98. The van der Waals surface area contributed by atoms with E-state index in [-0.39, 0.29) is 11.5 Å². The van der Waals surface area contributed by atoms with Gasteiger partial charge in [0.1, 0.15) is 0 Å². The highest BCUT2D eigenvalue weighted by Crippen LogP contribution is 2.26. The number of nitro benzene ring substituents is 1. The van der Waals surface area contributed by atoms with Crippen LogP contribution in [0.1, 0.15) is 28.9 Å². The van der Waals surface area contributed by atoms with Crippen molar-refractivity contribution >= 4 is 11.5 Å². The number of aryl methyl sites for hydroxylation is 1. The number of aromatic nitrogens is 1. The van der Waals surface area contributed by atoms with E-state index in [0.29, 0.717) is 12.0 Å². The van der Waals surface area contributed by atoms with Crippen molar-refractivity contribution in [3.63, 3.8) is 0 Å². The summed E-state index contributed by atoms with van der Waals surface area (Å²) in [7, 11) is 0. The Morgan fingerprint density at radius 1 is 1.10 bits per heavy atom. The van der Waals surface area contributed by atoms with Crippen molar-refractivity contribution in [3.8, 4) is 11.1 Å². The van der Waals surface area contributed by atoms with Crippen molar-refractivity contribution in [2.75, 3.05) is 0 Å². The van der Waals surface area contributed by atoms with Crippen LogP contribution in [-0.4, -0.2) is 15.7 Å². The van der Waals surface area contributed by atoms with Gasteiger partial charge in [-0.05, 0) is 36.6 Å². The first-order valence-electron chi connectivity index (χ1n) is 6.42. The summed E-state index contributed by atoms with van der Waals surface area (Å²) in [6.45, 7) is 0. The normalized spacial score (nSPS) is 13.9. The number of benzene rings is 1. The second kappa shape index (κ2) is 4.85. The van der Waals surface area contributed by atoms with Crippen LogP contribution in [0.2, 0.25) is 0 Å². The van der Waals surface area contributed by atoms with Gasteiger partial charge in [0.25, 0.3) is 5.69 Å². The van der Waals surface area contributed by atoms with Crippen molar-refractivity contribution in [1.29, 1.82) is 0 Å². The largest absolute Gasteiger partial charge is 0.294 e. The minimum atomic E-state index is -0.432. The SMILES string of the molecule is O=C1CCCc2ncc(-c3ccc([N+](=O)[O-])cc3)cc21. The Kier molecular flexibility index (Phi) is 3.02. The molecule has 1 aromatic heterocycles. The van der Waals surface area contributed by atoms with Crippen LogP contribution in [0.15, 0.2) is 36.5 Å². The zero-order valence-corrected chi connectivity index (χ0v) is 10.7. The van der Waals surface area contributed by atoms with Gasteiger partial charge in [-0.15, -0.1) is 0 Å². The molecule has 1 aliphatic rings. The van der Waals surface area contributed by atoms with E-state index in [1.807, 2.05) is 6.07 Å². The molecule has 2 aromatic rings. The fourth-order valence-electron chi connectivity index (χ4n) is 2.42. The molecule has 0 N–H and O–H groups in total. The third-order valence-corrected chi connectivity index (χ3v) is 3.50. The topological polar surface area (TPSA) is 73.1 Å². The van der Waals surface area contributed by atoms with Crippen molar-refractivity contribution in [1.82, 2.24) is 4.98 Å². The predicted octanol–water partition coefficient (Wildman–Crippen LogP) is 3.18. The zero-order valence-electron chi connectivity index (χ0n) is 10.7. The zero-order chi connectivity index (χ0) is 14.1. The number of rotatable bonds is 2. The molecule has 1 aliphatic carbocycles. The van der Waals surface area contributed by atoms with E-state index in [1.165, 1.54) is 12.1 Å². The number of non-ortho nitro benzene ring substituents is 1. The number of nitro groups is 1. The number of pyridine rings is 1. The first-order valence-corrected chi connectivity index (χ1v) is 6.42. The van der Waals surface area contributed by atoms with E-state index < -0.39 is 4.92 Å². The molecule has 100 valence electrons. The van der Waals surface area contributed by atoms with Gasteiger partial charge < -0.3 is 0 Å². The summed E-state index contributed by atoms with van der Waals surface area (Å²) < 4.78 is 0. The number of carbonyl (C=O) groups is 1. The Labute approximate surface area is 115 Å². The van der Waals surface area contributed by atoms with E-state index in [9.17, 15) is 14.9 Å². The van der Waals surface area contributed by atoms with Gasteiger partial charge >= 0.3 is 0 Å². The molecule has 3 rings (SSSR count). The molecule has 0 unspecified atom stereocenters. The van der Waals surface area contributed by atoms with E-state index in [4.69, 9.17) is 0 Å². The number of Topliss-reactive ketones (excluding diaryl/α,β-unsaturated/α-hetero) is 1. The molecule has 1 aromatic carbocycles. The fourth-order valence-corrected chi connectivity index (χ4v) is 2.42. The molecular formula is C15H12N2O3. The van der Waals surface area contributed by atoms with Gasteiger partial charge in [0, 0.05) is 35.9 Å². The van der Waals surface area contributed by atoms with Gasteiger partial charge in [0.2, 0.25) is 0 Å². The lowest BCUT2D eigenvalue weighted by molar-refractivity contribution is -0.384. The van der Waals surface area contributed by atoms with Crippen LogP contribution in [0.4, 0.5) is 5.69 Å². The average Bonchev–Trinajstić information content (AvgIpc) is 2.47. The van der Waals surface area contributed by atoms with Gasteiger partial charge in [0.05, 0.1) is 10.6 Å². The molecule has 20 heavy (non-hydrogen) atoms. The summed E-state index contributed by atoms with van der Waals surface area (Å²) in [5, 5.41) is 10.6. The predicted molar refractivity (Wildman–Crippen MR) is 73.6 cm³/mol. The summed E-state index contributed by atoms with van der Waals surface area (Å²) in [5.41, 5.74) is 3.23. The highest BCUT2D eigenvalue weighted by atomic mass is 16.6. The molecule has 0 atom stereocenters. The van der Waals surface area contributed by atoms with Crippen LogP contribution >= 0.6 is 0 Å². The number of carbonyl (C=O) groups excluding carboxylic acids is 1. The lowest BCUT2D eigenvalue weighted by atomic mass is 9.92. The number of hydrogen-bond donors (Lipinski definition) is 0. The van der Waals surface area contributed by atoms with Crippen LogP contribution in [0.5, 0.6) is 0 Å². The second-order valence-corrected chi connectivity index (χ2v) is 4.80. The maximum absolute atomic E-state index is 11.9. The van der Waals surface area contributed by atoms with Crippen LogP contribution in [0, 0.1) is 10.1 Å². The summed E-state index contributed by atoms with van der Waals surface area (Å²) >= 11 is 0. The molecule has 5 heteroatoms. The minimum absolute atomic E-state index is 0.0516. The minimum Gasteiger partial charge on any atom is -0.294 e. The highest BCUT2D eigenvalue weighted by molar-refractivity contribution is 5.99. The summed E-state index contributed by atoms with van der Waals surface area (Å²) in [4.78, 5) is 26.4. The van der Waals surface area contributed by atoms with Gasteiger partial charge in [-0.2, -0.15) is 0 Å². The number of hydrogen-bond acceptors (Lipinski definition) is 4. The Balaban J connectivity index is 2.00. The fraction of sp³-hybridized carbons (Fsp3) is 0.200. The number of fused-ring (bicyclic) bond motifs is 1. The Bertz CT molecular complexity index is 693. The lowest BCUT2D eigenvalue weighted by Crippen LogP contribution is -2.12. The van der Waals surface area contributed by atoms with E-state index >= 15 is 0 Å². The van der Waals surface area contributed by atoms with Gasteiger partial charge in [-0.1, -0.05) is 0 Å². The van der Waals surface area contributed by atoms with Gasteiger partial charge in [-0.25, -0.2) is 0 Å². The van der Waals surface area contributed by atoms with Gasteiger partial charge in [0.15, 0.2) is 5.78 Å². The van der Waals surface area contributed by atoms with Crippen molar-refractivity contribution in [2.24, 2.45) is 0 Å². The average molecular weight is 268 g/mol. The molecule has 0 radical (unpaired) electrons. The van der Waals surface area contributed by atoms with Crippen LogP contribution in [0.3, 0.4) is 0 Å². The maximum atomic E-state index is 11.9. The van der Waals surface area contributed by atoms with Crippen molar-refractivity contribution in [2.45, 2.75) is 19.3 Å². The number of nitrogens with zero attached hydrogens (tertiary/aromatic N) is 2. The Morgan fingerprint density at radius 3 is 2.55 bits per heavy atom. The van der Waals surface area contributed by atoms with Crippen molar-refractivity contribution < 1.29 is 9.72 Å². The molecule has 1 heterocycles. The summed E-state index contributed by atoms with van der Waals surface area (Å²) in [5.74, 6) is 0.127. The molecule has 0 saturated carbocycles. The monoisotopic (exact) mass is 268 g/mol. The van der Waals surface area contributed by atoms with E-state index in [2.05, 4.69) is 4.98 Å². The summed E-state index contributed by atoms with van der Waals surface area (Å²) in [6, 6.07) is 8.10. The quantitative estimate of drug-likeness (QED) is 0.619. The molecule has 0 aliphatic heterocycles. The Hall–Kier alpha value is -2.56. The third kappa shape index (κ3) is 2.18. The molecule has 5 nitrogen and oxygen atoms in total. The molecule has 0 saturated heterocycles. The maximum Gasteiger partial charge on any atom is 0.269 e. The molecule has 0 bridgehead atoms. The van der Waals surface area contributed by atoms with E-state index in [1.54, 1.807) is 18.3 Å². The molecular weight excluding hydrogens is 256 g/mol. The van der Waals surface area contributed by atoms with Crippen LogP contribution < -0.4 is 0 Å². The lowest BCUT2D eigenvalue weighted by Gasteiger charge is -2.14. The smallest absolute Gasteiger partial charge is 0.269 e. The first-order chi connectivity index (χ1) is 9.65. The highest BCUT2D eigenvalue weighted by Gasteiger charge is 2.19. The van der Waals surface area contributed by atoms with Crippen LogP contribution in [0.25, 0.3) is 11.1 Å². The first kappa shape index (κ1) is 12.5. The third-order valence-electron chi connectivity index (χ3n) is 3.50. The standard InChI is InChI=1S/C15H12N2O3/c18-15-3-1-2-14-13(15)8-11(9-16-14)10-4-6-12(7-5-10)17(19)20/h4-9H,1-3H2. The van der Waals surface area contributed by atoms with Crippen LogP contribution in [-0.2, 0) is 6.42 Å². The second-order valence-electron chi connectivity index (χ2n) is 4.80. The van der Waals surface area contributed by atoms with Gasteiger partial charge in [-0.3, -0.25) is 19.9 Å².